The quantitative estimate of drug-likeness (QED) is 0.907. The monoisotopic (exact) mass is 252 g/mol. The summed E-state index contributed by atoms with van der Waals surface area (Å²) < 4.78 is 0. The van der Waals surface area contributed by atoms with E-state index in [0.717, 1.165) is 17.7 Å². The number of hydrogen-bond acceptors (Lipinski definition) is 4. The molecule has 1 aromatic carbocycles. The molecule has 19 heavy (non-hydrogen) atoms. The van der Waals surface area contributed by atoms with E-state index in [1.165, 1.54) is 12.4 Å². The molecule has 1 N–H and O–H groups in total. The van der Waals surface area contributed by atoms with Crippen LogP contribution in [0.2, 0.25) is 0 Å². The summed E-state index contributed by atoms with van der Waals surface area (Å²) in [5.74, 6) is 0.633. The Kier molecular flexibility index (Phi) is 4.09. The van der Waals surface area contributed by atoms with Crippen molar-refractivity contribution in [3.63, 3.8) is 0 Å². The van der Waals surface area contributed by atoms with Crippen molar-refractivity contribution in [3.8, 4) is 17.5 Å². The Bertz CT molecular complexity index is 567. The van der Waals surface area contributed by atoms with E-state index in [0.29, 0.717) is 17.4 Å². The third-order valence-electron chi connectivity index (χ3n) is 2.95. The highest BCUT2D eigenvalue weighted by molar-refractivity contribution is 5.59. The molecule has 1 aromatic heterocycles. The van der Waals surface area contributed by atoms with Crippen molar-refractivity contribution >= 4 is 5.69 Å². The average molecular weight is 252 g/mol. The molecular weight excluding hydrogens is 236 g/mol. The Hall–Kier alpha value is -2.41. The maximum absolute atomic E-state index is 8.70. The van der Waals surface area contributed by atoms with Gasteiger partial charge in [-0.2, -0.15) is 5.26 Å². The van der Waals surface area contributed by atoms with E-state index >= 15 is 0 Å². The number of rotatable bonds is 4. The van der Waals surface area contributed by atoms with Crippen LogP contribution in [0.3, 0.4) is 0 Å². The number of nitriles is 1. The first-order valence-corrected chi connectivity index (χ1v) is 6.32. The number of benzene rings is 1. The maximum Gasteiger partial charge on any atom is 0.159 e. The van der Waals surface area contributed by atoms with Crippen molar-refractivity contribution in [3.05, 3.63) is 42.2 Å². The van der Waals surface area contributed by atoms with Crippen LogP contribution in [0.1, 0.15) is 25.8 Å². The third-order valence-corrected chi connectivity index (χ3v) is 2.95. The van der Waals surface area contributed by atoms with E-state index in [2.05, 4.69) is 29.1 Å². The lowest BCUT2D eigenvalue weighted by atomic mass is 10.1. The minimum Gasteiger partial charge on any atom is -0.383 e. The van der Waals surface area contributed by atoms with E-state index in [4.69, 9.17) is 5.26 Å². The normalized spacial score (nSPS) is 11.6. The third kappa shape index (κ3) is 3.29. The molecule has 1 unspecified atom stereocenters. The Labute approximate surface area is 113 Å². The smallest absolute Gasteiger partial charge is 0.159 e. The first-order chi connectivity index (χ1) is 9.22. The molecule has 1 heterocycles. The fourth-order valence-electron chi connectivity index (χ4n) is 1.64. The molecule has 0 amide bonds. The largest absolute Gasteiger partial charge is 0.383 e. The first-order valence-electron chi connectivity index (χ1n) is 6.32. The van der Waals surface area contributed by atoms with Gasteiger partial charge in [0.2, 0.25) is 0 Å². The standard InChI is InChI=1S/C15H16N4/c1-3-11(2)19-14-6-4-13(5-7-14)15-17-9-12(8-16)10-18-15/h4-7,9-11,19H,3H2,1-2H3. The Balaban J connectivity index is 2.15. The van der Waals surface area contributed by atoms with Crippen LogP contribution in [0, 0.1) is 11.3 Å². The molecule has 0 bridgehead atoms. The van der Waals surface area contributed by atoms with Crippen LogP contribution in [0.4, 0.5) is 5.69 Å². The van der Waals surface area contributed by atoms with Crippen LogP contribution >= 0.6 is 0 Å². The summed E-state index contributed by atoms with van der Waals surface area (Å²) >= 11 is 0. The lowest BCUT2D eigenvalue weighted by Gasteiger charge is -2.13. The van der Waals surface area contributed by atoms with E-state index in [-0.39, 0.29) is 0 Å². The van der Waals surface area contributed by atoms with E-state index in [1.54, 1.807) is 0 Å². The van der Waals surface area contributed by atoms with Crippen LogP contribution < -0.4 is 5.32 Å². The summed E-state index contributed by atoms with van der Waals surface area (Å²) in [7, 11) is 0. The summed E-state index contributed by atoms with van der Waals surface area (Å²) in [6.07, 6.45) is 4.15. The predicted molar refractivity (Wildman–Crippen MR) is 75.6 cm³/mol. The average Bonchev–Trinajstić information content (AvgIpc) is 2.48. The second-order valence-corrected chi connectivity index (χ2v) is 4.44. The molecule has 4 heteroatoms. The van der Waals surface area contributed by atoms with Gasteiger partial charge in [-0.1, -0.05) is 6.92 Å². The summed E-state index contributed by atoms with van der Waals surface area (Å²) in [6, 6.07) is 10.5. The van der Waals surface area contributed by atoms with Crippen molar-refractivity contribution in [1.82, 2.24) is 9.97 Å². The zero-order chi connectivity index (χ0) is 13.7. The second kappa shape index (κ2) is 5.96. The molecule has 2 rings (SSSR count). The Morgan fingerprint density at radius 2 is 1.84 bits per heavy atom. The van der Waals surface area contributed by atoms with Gasteiger partial charge >= 0.3 is 0 Å². The molecule has 0 spiro atoms. The van der Waals surface area contributed by atoms with Crippen molar-refractivity contribution in [1.29, 1.82) is 5.26 Å². The van der Waals surface area contributed by atoms with Crippen LogP contribution in [0.15, 0.2) is 36.7 Å². The van der Waals surface area contributed by atoms with Gasteiger partial charge in [0.15, 0.2) is 5.82 Å². The number of aromatic nitrogens is 2. The molecule has 2 aromatic rings. The van der Waals surface area contributed by atoms with Gasteiger partial charge in [-0.25, -0.2) is 9.97 Å². The Morgan fingerprint density at radius 3 is 2.37 bits per heavy atom. The summed E-state index contributed by atoms with van der Waals surface area (Å²) in [6.45, 7) is 4.30. The van der Waals surface area contributed by atoms with Crippen LogP contribution in [0.5, 0.6) is 0 Å². The molecule has 0 aliphatic rings. The van der Waals surface area contributed by atoms with Gasteiger partial charge in [-0.15, -0.1) is 0 Å². The number of hydrogen-bond donors (Lipinski definition) is 1. The molecule has 0 radical (unpaired) electrons. The molecule has 0 fully saturated rings. The van der Waals surface area contributed by atoms with Crippen LogP contribution in [-0.2, 0) is 0 Å². The molecule has 0 saturated heterocycles. The van der Waals surface area contributed by atoms with Crippen LogP contribution in [0.25, 0.3) is 11.4 Å². The summed E-state index contributed by atoms with van der Waals surface area (Å²) in [4.78, 5) is 8.35. The lowest BCUT2D eigenvalue weighted by Crippen LogP contribution is -2.13. The molecular formula is C15H16N4. The van der Waals surface area contributed by atoms with E-state index < -0.39 is 0 Å². The molecule has 4 nitrogen and oxygen atoms in total. The highest BCUT2D eigenvalue weighted by Gasteiger charge is 2.03. The van der Waals surface area contributed by atoms with Crippen molar-refractivity contribution < 1.29 is 0 Å². The summed E-state index contributed by atoms with van der Waals surface area (Å²) in [5, 5.41) is 12.1. The maximum atomic E-state index is 8.70. The SMILES string of the molecule is CCC(C)Nc1ccc(-c2ncc(C#N)cn2)cc1. The molecule has 0 aliphatic carbocycles. The van der Waals surface area contributed by atoms with Gasteiger partial charge in [0, 0.05) is 29.7 Å². The van der Waals surface area contributed by atoms with Gasteiger partial charge < -0.3 is 5.32 Å². The van der Waals surface area contributed by atoms with Crippen LogP contribution in [-0.4, -0.2) is 16.0 Å². The number of nitrogens with zero attached hydrogens (tertiary/aromatic N) is 3. The molecule has 96 valence electrons. The fourth-order valence-corrected chi connectivity index (χ4v) is 1.64. The van der Waals surface area contributed by atoms with Gasteiger partial charge in [0.1, 0.15) is 6.07 Å². The van der Waals surface area contributed by atoms with Gasteiger partial charge in [-0.3, -0.25) is 0 Å². The van der Waals surface area contributed by atoms with Crippen molar-refractivity contribution in [2.75, 3.05) is 5.32 Å². The predicted octanol–water partition coefficient (Wildman–Crippen LogP) is 3.23. The fraction of sp³-hybridized carbons (Fsp3) is 0.267. The van der Waals surface area contributed by atoms with Gasteiger partial charge in [0.25, 0.3) is 0 Å². The molecule has 0 aliphatic heterocycles. The molecule has 1 atom stereocenters. The lowest BCUT2D eigenvalue weighted by molar-refractivity contribution is 0.764. The van der Waals surface area contributed by atoms with E-state index in [9.17, 15) is 0 Å². The Morgan fingerprint density at radius 1 is 1.21 bits per heavy atom. The minimum absolute atomic E-state index is 0.456. The van der Waals surface area contributed by atoms with Crippen molar-refractivity contribution in [2.24, 2.45) is 0 Å². The second-order valence-electron chi connectivity index (χ2n) is 4.44. The number of nitrogens with one attached hydrogen (secondary N) is 1. The number of anilines is 1. The van der Waals surface area contributed by atoms with Crippen molar-refractivity contribution in [2.45, 2.75) is 26.3 Å². The zero-order valence-electron chi connectivity index (χ0n) is 11.1. The highest BCUT2D eigenvalue weighted by Crippen LogP contribution is 2.18. The first kappa shape index (κ1) is 13.0. The van der Waals surface area contributed by atoms with Gasteiger partial charge in [-0.05, 0) is 37.6 Å². The highest BCUT2D eigenvalue weighted by atomic mass is 14.9. The van der Waals surface area contributed by atoms with Gasteiger partial charge in [0.05, 0.1) is 5.56 Å². The minimum atomic E-state index is 0.456. The topological polar surface area (TPSA) is 61.6 Å². The summed E-state index contributed by atoms with van der Waals surface area (Å²) in [5.41, 5.74) is 2.50. The zero-order valence-corrected chi connectivity index (χ0v) is 11.1. The van der Waals surface area contributed by atoms with E-state index in [1.807, 2.05) is 30.3 Å². The molecule has 0 saturated carbocycles.